The van der Waals surface area contributed by atoms with E-state index >= 15 is 0 Å². The quantitative estimate of drug-likeness (QED) is 0.489. The van der Waals surface area contributed by atoms with Gasteiger partial charge in [0.1, 0.15) is 11.6 Å². The Balaban J connectivity index is 1.41. The van der Waals surface area contributed by atoms with E-state index < -0.39 is 0 Å². The van der Waals surface area contributed by atoms with Crippen molar-refractivity contribution in [1.82, 2.24) is 19.4 Å². The normalized spacial score (nSPS) is 16.6. The van der Waals surface area contributed by atoms with Crippen LogP contribution in [0.1, 0.15) is 42.8 Å². The highest BCUT2D eigenvalue weighted by atomic mass is 16.5. The summed E-state index contributed by atoms with van der Waals surface area (Å²) in [7, 11) is 2.21. The highest BCUT2D eigenvalue weighted by molar-refractivity contribution is 5.76. The van der Waals surface area contributed by atoms with Crippen LogP contribution < -0.4 is 4.74 Å². The molecule has 3 aromatic rings. The fourth-order valence-corrected chi connectivity index (χ4v) is 4.44. The van der Waals surface area contributed by atoms with Crippen LogP contribution in [0.2, 0.25) is 0 Å². The van der Waals surface area contributed by atoms with Crippen LogP contribution in [-0.4, -0.2) is 59.2 Å². The molecule has 0 amide bonds. The summed E-state index contributed by atoms with van der Waals surface area (Å²) in [6, 6.07) is 15.3. The molecule has 5 nitrogen and oxygen atoms in total. The van der Waals surface area contributed by atoms with Crippen molar-refractivity contribution in [2.24, 2.45) is 0 Å². The van der Waals surface area contributed by atoms with E-state index in [2.05, 4.69) is 84.7 Å². The van der Waals surface area contributed by atoms with E-state index in [1.807, 2.05) is 0 Å². The molecule has 1 fully saturated rings. The van der Waals surface area contributed by atoms with Crippen LogP contribution in [0.25, 0.3) is 11.0 Å². The Kier molecular flexibility index (Phi) is 6.93. The molecule has 166 valence electrons. The van der Waals surface area contributed by atoms with Crippen LogP contribution in [0.4, 0.5) is 0 Å². The lowest BCUT2D eigenvalue weighted by Gasteiger charge is -2.36. The second kappa shape index (κ2) is 9.84. The van der Waals surface area contributed by atoms with E-state index in [1.54, 1.807) is 0 Å². The van der Waals surface area contributed by atoms with Crippen LogP contribution in [0.5, 0.6) is 5.75 Å². The van der Waals surface area contributed by atoms with Gasteiger partial charge in [0.2, 0.25) is 0 Å². The maximum atomic E-state index is 6.07. The second-order valence-corrected chi connectivity index (χ2v) is 8.95. The second-order valence-electron chi connectivity index (χ2n) is 8.95. The zero-order valence-electron chi connectivity index (χ0n) is 19.5. The summed E-state index contributed by atoms with van der Waals surface area (Å²) in [6.45, 7) is 12.7. The molecule has 0 aliphatic carbocycles. The summed E-state index contributed by atoms with van der Waals surface area (Å²) in [5.74, 6) is 2.21. The van der Waals surface area contributed by atoms with Gasteiger partial charge < -0.3 is 14.2 Å². The Bertz CT molecular complexity index is 1000. The molecule has 1 saturated heterocycles. The van der Waals surface area contributed by atoms with Crippen LogP contribution in [-0.2, 0) is 6.54 Å². The third kappa shape index (κ3) is 5.10. The van der Waals surface area contributed by atoms with Crippen LogP contribution in [0.3, 0.4) is 0 Å². The number of unbranched alkanes of at least 4 members (excludes halogenated alkanes) is 1. The maximum Gasteiger partial charge on any atom is 0.127 e. The number of imidazole rings is 1. The molecule has 1 unspecified atom stereocenters. The molecule has 1 atom stereocenters. The average Bonchev–Trinajstić information content (AvgIpc) is 3.14. The number of aromatic nitrogens is 2. The minimum atomic E-state index is 0.326. The minimum Gasteiger partial charge on any atom is -0.493 e. The maximum absolute atomic E-state index is 6.07. The summed E-state index contributed by atoms with van der Waals surface area (Å²) in [5.41, 5.74) is 4.79. The Morgan fingerprint density at radius 3 is 2.58 bits per heavy atom. The molecule has 0 bridgehead atoms. The Hall–Kier alpha value is -2.37. The molecular weight excluding hydrogens is 384 g/mol. The van der Waals surface area contributed by atoms with Crippen molar-refractivity contribution in [1.29, 1.82) is 0 Å². The predicted molar refractivity (Wildman–Crippen MR) is 128 cm³/mol. The average molecular weight is 421 g/mol. The van der Waals surface area contributed by atoms with E-state index in [-0.39, 0.29) is 0 Å². The van der Waals surface area contributed by atoms with Gasteiger partial charge in [-0.05, 0) is 70.0 Å². The molecule has 0 spiro atoms. The lowest BCUT2D eigenvalue weighted by Crippen LogP contribution is -2.45. The van der Waals surface area contributed by atoms with Gasteiger partial charge in [0, 0.05) is 32.7 Å². The number of benzene rings is 2. The fourth-order valence-electron chi connectivity index (χ4n) is 4.44. The molecule has 0 saturated carbocycles. The van der Waals surface area contributed by atoms with Crippen molar-refractivity contribution in [3.63, 3.8) is 0 Å². The topological polar surface area (TPSA) is 33.5 Å². The fraction of sp³-hybridized carbons (Fsp3) is 0.500. The Morgan fingerprint density at radius 1 is 1.00 bits per heavy atom. The molecule has 31 heavy (non-hydrogen) atoms. The van der Waals surface area contributed by atoms with Gasteiger partial charge in [0.25, 0.3) is 0 Å². The van der Waals surface area contributed by atoms with Gasteiger partial charge in [-0.1, -0.05) is 24.3 Å². The van der Waals surface area contributed by atoms with Gasteiger partial charge in [-0.3, -0.25) is 4.90 Å². The van der Waals surface area contributed by atoms with Crippen LogP contribution in [0, 0.1) is 13.8 Å². The van der Waals surface area contributed by atoms with E-state index in [0.29, 0.717) is 6.04 Å². The molecule has 4 rings (SSSR count). The number of piperazine rings is 1. The van der Waals surface area contributed by atoms with Crippen LogP contribution >= 0.6 is 0 Å². The summed E-state index contributed by atoms with van der Waals surface area (Å²) in [6.07, 6.45) is 2.11. The smallest absolute Gasteiger partial charge is 0.127 e. The number of likely N-dealkylation sites (N-methyl/N-ethyl adjacent to an activating group) is 1. The van der Waals surface area contributed by atoms with Crippen molar-refractivity contribution >= 4 is 11.0 Å². The van der Waals surface area contributed by atoms with Crippen LogP contribution in [0.15, 0.2) is 42.5 Å². The lowest BCUT2D eigenvalue weighted by atomic mass is 10.1. The Labute approximate surface area is 186 Å². The zero-order valence-corrected chi connectivity index (χ0v) is 19.5. The molecule has 2 heterocycles. The number of fused-ring (bicyclic) bond motifs is 1. The van der Waals surface area contributed by atoms with E-state index in [0.717, 1.165) is 63.4 Å². The predicted octanol–water partition coefficient (Wildman–Crippen LogP) is 4.82. The highest BCUT2D eigenvalue weighted by Gasteiger charge is 2.24. The van der Waals surface area contributed by atoms with Gasteiger partial charge in [-0.25, -0.2) is 4.98 Å². The van der Waals surface area contributed by atoms with Gasteiger partial charge in [0.05, 0.1) is 23.7 Å². The van der Waals surface area contributed by atoms with Gasteiger partial charge in [-0.2, -0.15) is 0 Å². The number of para-hydroxylation sites is 2. The van der Waals surface area contributed by atoms with Crippen molar-refractivity contribution in [2.45, 2.75) is 46.2 Å². The summed E-state index contributed by atoms with van der Waals surface area (Å²) in [5, 5.41) is 0. The van der Waals surface area contributed by atoms with Gasteiger partial charge in [-0.15, -0.1) is 0 Å². The number of nitrogens with zero attached hydrogens (tertiary/aromatic N) is 4. The zero-order chi connectivity index (χ0) is 21.8. The van der Waals surface area contributed by atoms with Crippen molar-refractivity contribution < 1.29 is 4.74 Å². The molecule has 1 aromatic heterocycles. The third-order valence-electron chi connectivity index (χ3n) is 6.52. The van der Waals surface area contributed by atoms with E-state index in [4.69, 9.17) is 9.72 Å². The molecule has 5 heteroatoms. The first-order valence-corrected chi connectivity index (χ1v) is 11.6. The molecule has 0 N–H and O–H groups in total. The standard InChI is InChI=1S/C26H36N4O/c1-20-11-12-21(2)25(19-20)31-18-8-7-13-30-24-10-6-5-9-23(24)27-26(30)22(3)29-16-14-28(4)15-17-29/h5-6,9-12,19,22H,7-8,13-18H2,1-4H3. The summed E-state index contributed by atoms with van der Waals surface area (Å²) >= 11 is 0. The third-order valence-corrected chi connectivity index (χ3v) is 6.52. The van der Waals surface area contributed by atoms with Gasteiger partial charge in [0.15, 0.2) is 0 Å². The minimum absolute atomic E-state index is 0.326. The highest BCUT2D eigenvalue weighted by Crippen LogP contribution is 2.26. The number of hydrogen-bond acceptors (Lipinski definition) is 4. The first-order chi connectivity index (χ1) is 15.0. The van der Waals surface area contributed by atoms with E-state index in [9.17, 15) is 0 Å². The Morgan fingerprint density at radius 2 is 1.77 bits per heavy atom. The lowest BCUT2D eigenvalue weighted by molar-refractivity contribution is 0.113. The summed E-state index contributed by atoms with van der Waals surface area (Å²) in [4.78, 5) is 10.0. The van der Waals surface area contributed by atoms with E-state index in [1.165, 1.54) is 22.5 Å². The number of aryl methyl sites for hydroxylation is 3. The monoisotopic (exact) mass is 420 g/mol. The van der Waals surface area contributed by atoms with Crippen molar-refractivity contribution in [2.75, 3.05) is 39.8 Å². The number of rotatable bonds is 8. The number of ether oxygens (including phenoxy) is 1. The van der Waals surface area contributed by atoms with Crippen molar-refractivity contribution in [3.05, 3.63) is 59.4 Å². The van der Waals surface area contributed by atoms with Crippen molar-refractivity contribution in [3.8, 4) is 5.75 Å². The first-order valence-electron chi connectivity index (χ1n) is 11.6. The molecule has 1 aliphatic heterocycles. The first kappa shape index (κ1) is 21.8. The summed E-state index contributed by atoms with van der Waals surface area (Å²) < 4.78 is 8.51. The number of hydrogen-bond donors (Lipinski definition) is 0. The SMILES string of the molecule is Cc1ccc(C)c(OCCCCn2c(C(C)N3CCN(C)CC3)nc3ccccc32)c1. The largest absolute Gasteiger partial charge is 0.493 e. The molecule has 1 aliphatic rings. The van der Waals surface area contributed by atoms with Gasteiger partial charge >= 0.3 is 0 Å². The molecular formula is C26H36N4O. The molecule has 2 aromatic carbocycles. The molecule has 0 radical (unpaired) electrons.